The van der Waals surface area contributed by atoms with Crippen LogP contribution in [0.25, 0.3) is 0 Å². The van der Waals surface area contributed by atoms with Crippen LogP contribution in [-0.2, 0) is 26.2 Å². The predicted octanol–water partition coefficient (Wildman–Crippen LogP) is -1.64. The molecule has 0 nitrogen and oxygen atoms in total. The number of hydrogen-bond acceptors (Lipinski definition) is 0. The first-order valence-corrected chi connectivity index (χ1v) is 5.42. The van der Waals surface area contributed by atoms with Crippen LogP contribution in [0.15, 0.2) is 30.3 Å². The third-order valence-electron chi connectivity index (χ3n) is 3.37. The molecule has 0 aliphatic rings. The van der Waals surface area contributed by atoms with Crippen molar-refractivity contribution >= 4 is 0 Å². The molecule has 2 aromatic carbocycles. The van der Waals surface area contributed by atoms with Gasteiger partial charge in [-0.25, -0.2) is 12.1 Å². The first kappa shape index (κ1) is 23.3. The van der Waals surface area contributed by atoms with Crippen LogP contribution in [0.4, 0.5) is 0 Å². The molecule has 0 unspecified atom stereocenters. The van der Waals surface area contributed by atoms with Gasteiger partial charge in [0, 0.05) is 0 Å². The topological polar surface area (TPSA) is 0 Å². The van der Waals surface area contributed by atoms with E-state index in [0.29, 0.717) is 0 Å². The summed E-state index contributed by atoms with van der Waals surface area (Å²) in [4.78, 5) is 0. The Hall–Kier alpha value is 0.163. The van der Waals surface area contributed by atoms with E-state index in [0.717, 1.165) is 0 Å². The fourth-order valence-electron chi connectivity index (χ4n) is 1.73. The maximum absolute atomic E-state index is 2.20. The van der Waals surface area contributed by atoms with Gasteiger partial charge in [0.25, 0.3) is 0 Å². The van der Waals surface area contributed by atoms with Crippen LogP contribution in [0.2, 0.25) is 0 Å². The second kappa shape index (κ2) is 11.0. The van der Waals surface area contributed by atoms with Crippen molar-refractivity contribution in [2.24, 2.45) is 0 Å². The van der Waals surface area contributed by atoms with E-state index in [-0.39, 0.29) is 51.0 Å². The van der Waals surface area contributed by atoms with E-state index in [9.17, 15) is 0 Å². The van der Waals surface area contributed by atoms with Gasteiger partial charge in [-0.2, -0.15) is 46.0 Å². The number of halogens is 2. The first-order chi connectivity index (χ1) is 7.05. The van der Waals surface area contributed by atoms with E-state index in [1.807, 2.05) is 30.3 Å². The van der Waals surface area contributed by atoms with Crippen molar-refractivity contribution in [2.45, 2.75) is 34.6 Å². The third kappa shape index (κ3) is 5.87. The molecule has 0 radical (unpaired) electrons. The SMILES string of the molecule is Cc1c(C)c(C)[c-](C)c1C.[Cl-].[Cl-].[Zr+4].c1cc[cH-]c1. The molecule has 0 spiro atoms. The van der Waals surface area contributed by atoms with E-state index in [1.165, 1.54) is 27.8 Å². The van der Waals surface area contributed by atoms with Gasteiger partial charge in [-0.05, 0) is 0 Å². The van der Waals surface area contributed by atoms with E-state index in [4.69, 9.17) is 0 Å². The summed E-state index contributed by atoms with van der Waals surface area (Å²) in [7, 11) is 0. The Labute approximate surface area is 143 Å². The Morgan fingerprint density at radius 2 is 1.17 bits per heavy atom. The molecule has 0 heterocycles. The molecule has 0 saturated heterocycles. The fourth-order valence-corrected chi connectivity index (χ4v) is 1.73. The van der Waals surface area contributed by atoms with Gasteiger partial charge in [0.05, 0.1) is 0 Å². The van der Waals surface area contributed by atoms with Crippen molar-refractivity contribution in [3.63, 3.8) is 0 Å². The van der Waals surface area contributed by atoms with Crippen molar-refractivity contribution in [1.82, 2.24) is 0 Å². The van der Waals surface area contributed by atoms with Gasteiger partial charge in [0.1, 0.15) is 0 Å². The van der Waals surface area contributed by atoms with Crippen molar-refractivity contribution in [3.8, 4) is 0 Å². The summed E-state index contributed by atoms with van der Waals surface area (Å²) >= 11 is 0. The van der Waals surface area contributed by atoms with Gasteiger partial charge in [0.15, 0.2) is 0 Å². The molecule has 0 aliphatic carbocycles. The first-order valence-electron chi connectivity index (χ1n) is 5.42. The Bertz CT molecular complexity index is 317. The van der Waals surface area contributed by atoms with Crippen LogP contribution in [0.5, 0.6) is 0 Å². The van der Waals surface area contributed by atoms with E-state index in [2.05, 4.69) is 34.6 Å². The smallest absolute Gasteiger partial charge is 1.00 e. The predicted molar refractivity (Wildman–Crippen MR) is 67.8 cm³/mol. The average Bonchev–Trinajstić information content (AvgIpc) is 2.86. The normalized spacial score (nSPS) is 8.06. The molecule has 2 rings (SSSR count). The Morgan fingerprint density at radius 3 is 1.28 bits per heavy atom. The molecule has 3 heteroatoms. The van der Waals surface area contributed by atoms with Gasteiger partial charge in [0.2, 0.25) is 0 Å². The zero-order valence-electron chi connectivity index (χ0n) is 11.6. The molecule has 0 saturated carbocycles. The van der Waals surface area contributed by atoms with Crippen molar-refractivity contribution in [3.05, 3.63) is 58.1 Å². The molecular weight excluding hydrogens is 342 g/mol. The van der Waals surface area contributed by atoms with Crippen LogP contribution in [0.1, 0.15) is 27.8 Å². The van der Waals surface area contributed by atoms with Gasteiger partial charge >= 0.3 is 26.2 Å². The fraction of sp³-hybridized carbons (Fsp3) is 0.333. The van der Waals surface area contributed by atoms with E-state index < -0.39 is 0 Å². The molecule has 2 aromatic rings. The monoisotopic (exact) mass is 360 g/mol. The summed E-state index contributed by atoms with van der Waals surface area (Å²) in [6.45, 7) is 11.0. The number of rotatable bonds is 0. The van der Waals surface area contributed by atoms with Crippen LogP contribution < -0.4 is 24.8 Å². The van der Waals surface area contributed by atoms with Crippen LogP contribution in [0, 0.1) is 34.6 Å². The third-order valence-corrected chi connectivity index (χ3v) is 3.37. The standard InChI is InChI=1S/C10H15.C5H5.2ClH.Zr/c1-6-7(2)9(4)10(5)8(6)3;1-2-4-5-3-1;;;/h1-5H3;1-5H;2*1H;/q2*-1;;;+4/p-2. The Balaban J connectivity index is -0.000000245. The van der Waals surface area contributed by atoms with Crippen LogP contribution >= 0.6 is 0 Å². The zero-order valence-corrected chi connectivity index (χ0v) is 15.6. The van der Waals surface area contributed by atoms with Crippen molar-refractivity contribution in [2.75, 3.05) is 0 Å². The molecule has 98 valence electrons. The van der Waals surface area contributed by atoms with Gasteiger partial charge < -0.3 is 24.8 Å². The molecule has 0 fully saturated rings. The number of hydrogen-bond donors (Lipinski definition) is 0. The van der Waals surface area contributed by atoms with E-state index in [1.54, 1.807) is 0 Å². The van der Waals surface area contributed by atoms with Crippen LogP contribution in [0.3, 0.4) is 0 Å². The second-order valence-corrected chi connectivity index (χ2v) is 4.09. The molecule has 18 heavy (non-hydrogen) atoms. The minimum Gasteiger partial charge on any atom is -1.00 e. The molecule has 0 bridgehead atoms. The van der Waals surface area contributed by atoms with Crippen molar-refractivity contribution in [1.29, 1.82) is 0 Å². The minimum atomic E-state index is 0. The van der Waals surface area contributed by atoms with Gasteiger partial charge in [-0.1, -0.05) is 34.6 Å². The summed E-state index contributed by atoms with van der Waals surface area (Å²) in [5.74, 6) is 0. The Kier molecular flexibility index (Phi) is 14.3. The summed E-state index contributed by atoms with van der Waals surface area (Å²) in [5.41, 5.74) is 7.34. The summed E-state index contributed by atoms with van der Waals surface area (Å²) < 4.78 is 0. The maximum Gasteiger partial charge on any atom is 4.00 e. The van der Waals surface area contributed by atoms with E-state index >= 15 is 0 Å². The average molecular weight is 362 g/mol. The summed E-state index contributed by atoms with van der Waals surface area (Å²) in [5, 5.41) is 0. The molecule has 0 N–H and O–H groups in total. The summed E-state index contributed by atoms with van der Waals surface area (Å²) in [6.07, 6.45) is 0. The quantitative estimate of drug-likeness (QED) is 0.493. The minimum absolute atomic E-state index is 0. The largest absolute Gasteiger partial charge is 4.00 e. The van der Waals surface area contributed by atoms with Gasteiger partial charge in [-0.15, -0.1) is 0 Å². The second-order valence-electron chi connectivity index (χ2n) is 4.09. The maximum atomic E-state index is 2.20. The molecule has 0 amide bonds. The molecular formula is C15H20Cl2Zr. The summed E-state index contributed by atoms with van der Waals surface area (Å²) in [6, 6.07) is 10.0. The van der Waals surface area contributed by atoms with Gasteiger partial charge in [-0.3, -0.25) is 0 Å². The van der Waals surface area contributed by atoms with Crippen LogP contribution in [-0.4, -0.2) is 0 Å². The Morgan fingerprint density at radius 1 is 0.833 bits per heavy atom. The molecule has 0 aromatic heterocycles. The molecule has 0 aliphatic heterocycles. The van der Waals surface area contributed by atoms with Crippen molar-refractivity contribution < 1.29 is 51.0 Å². The zero-order chi connectivity index (χ0) is 11.4. The molecule has 0 atom stereocenters.